The maximum atomic E-state index is 13.4. The molecule has 0 aliphatic heterocycles. The molecule has 3 rings (SSSR count). The highest BCUT2D eigenvalue weighted by atomic mass is 32.2. The fourth-order valence-electron chi connectivity index (χ4n) is 2.07. The number of rotatable bonds is 3. The van der Waals surface area contributed by atoms with Gasteiger partial charge < -0.3 is 0 Å². The minimum Gasteiger partial charge on any atom is -0.224 e. The third kappa shape index (κ3) is 3.13. The van der Waals surface area contributed by atoms with Crippen molar-refractivity contribution in [2.24, 2.45) is 0 Å². The number of nitrogens with zero attached hydrogens (tertiary/aromatic N) is 2. The van der Waals surface area contributed by atoms with Crippen LogP contribution in [0.3, 0.4) is 0 Å². The van der Waals surface area contributed by atoms with Crippen LogP contribution in [0.2, 0.25) is 0 Å². The normalized spacial score (nSPS) is 11.6. The highest BCUT2D eigenvalue weighted by Gasteiger charge is 2.15. The summed E-state index contributed by atoms with van der Waals surface area (Å²) < 4.78 is 53.3. The molecule has 23 heavy (non-hydrogen) atoms. The lowest BCUT2D eigenvalue weighted by Crippen LogP contribution is -1.96. The molecule has 0 atom stereocenters. The molecule has 2 aromatic carbocycles. The minimum atomic E-state index is -3.29. The predicted octanol–water partition coefficient (Wildman–Crippen LogP) is 3.55. The Morgan fingerprint density at radius 1 is 0.957 bits per heavy atom. The van der Waals surface area contributed by atoms with Crippen LogP contribution in [-0.2, 0) is 9.84 Å². The van der Waals surface area contributed by atoms with E-state index in [0.29, 0.717) is 21.7 Å². The molecule has 0 aliphatic carbocycles. The fraction of sp³-hybridized carbons (Fsp3) is 0.0667. The Kier molecular flexibility index (Phi) is 3.95. The second-order valence-electron chi connectivity index (χ2n) is 4.88. The second-order valence-corrected chi connectivity index (χ2v) is 7.65. The number of benzene rings is 2. The standard InChI is InChI=1S/C15H10F2N2O2S2/c1-23(20,21)11-5-2-9(3-6-11)14-15(22-19-18-14)10-4-7-12(16)13(17)8-10/h2-8H,1H3. The molecule has 0 fully saturated rings. The van der Waals surface area contributed by atoms with Crippen molar-refractivity contribution in [3.8, 4) is 21.7 Å². The van der Waals surface area contributed by atoms with Gasteiger partial charge in [-0.05, 0) is 41.4 Å². The largest absolute Gasteiger partial charge is 0.224 e. The predicted molar refractivity (Wildman–Crippen MR) is 83.8 cm³/mol. The first-order chi connectivity index (χ1) is 10.9. The molecule has 3 aromatic rings. The van der Waals surface area contributed by atoms with E-state index < -0.39 is 21.5 Å². The zero-order chi connectivity index (χ0) is 16.6. The molecule has 0 bridgehead atoms. The van der Waals surface area contributed by atoms with Crippen LogP contribution in [0.15, 0.2) is 47.4 Å². The van der Waals surface area contributed by atoms with Crippen LogP contribution in [0.25, 0.3) is 21.7 Å². The third-order valence-corrected chi connectivity index (χ3v) is 5.13. The SMILES string of the molecule is CS(=O)(=O)c1ccc(-c2nnsc2-c2ccc(F)c(F)c2)cc1. The number of hydrogen-bond donors (Lipinski definition) is 0. The lowest BCUT2D eigenvalue weighted by molar-refractivity contribution is 0.509. The topological polar surface area (TPSA) is 59.9 Å². The maximum absolute atomic E-state index is 13.4. The average molecular weight is 352 g/mol. The van der Waals surface area contributed by atoms with Gasteiger partial charge in [0.25, 0.3) is 0 Å². The average Bonchev–Trinajstić information content (AvgIpc) is 2.99. The van der Waals surface area contributed by atoms with Crippen LogP contribution < -0.4 is 0 Å². The van der Waals surface area contributed by atoms with Crippen LogP contribution in [0.4, 0.5) is 8.78 Å². The van der Waals surface area contributed by atoms with Crippen molar-refractivity contribution in [1.29, 1.82) is 0 Å². The van der Waals surface area contributed by atoms with Crippen LogP contribution in [0.5, 0.6) is 0 Å². The van der Waals surface area contributed by atoms with Crippen molar-refractivity contribution < 1.29 is 17.2 Å². The van der Waals surface area contributed by atoms with E-state index in [1.165, 1.54) is 18.2 Å². The molecule has 0 amide bonds. The van der Waals surface area contributed by atoms with Gasteiger partial charge in [-0.15, -0.1) is 5.10 Å². The highest BCUT2D eigenvalue weighted by Crippen LogP contribution is 2.34. The second kappa shape index (κ2) is 5.78. The molecule has 0 spiro atoms. The Morgan fingerprint density at radius 3 is 2.22 bits per heavy atom. The molecule has 0 saturated carbocycles. The summed E-state index contributed by atoms with van der Waals surface area (Å²) in [5.41, 5.74) is 1.59. The Bertz CT molecular complexity index is 967. The van der Waals surface area contributed by atoms with Crippen molar-refractivity contribution in [2.75, 3.05) is 6.26 Å². The first-order valence-corrected chi connectivity index (χ1v) is 9.11. The van der Waals surface area contributed by atoms with Crippen molar-refractivity contribution >= 4 is 21.4 Å². The van der Waals surface area contributed by atoms with Crippen LogP contribution in [-0.4, -0.2) is 24.3 Å². The summed E-state index contributed by atoms with van der Waals surface area (Å²) in [5.74, 6) is -1.88. The summed E-state index contributed by atoms with van der Waals surface area (Å²) >= 11 is 1.05. The van der Waals surface area contributed by atoms with Gasteiger partial charge in [0.05, 0.1) is 9.77 Å². The molecule has 0 unspecified atom stereocenters. The Morgan fingerprint density at radius 2 is 1.61 bits per heavy atom. The quantitative estimate of drug-likeness (QED) is 0.723. The van der Waals surface area contributed by atoms with Gasteiger partial charge in [0.15, 0.2) is 21.5 Å². The molecule has 118 valence electrons. The summed E-state index contributed by atoms with van der Waals surface area (Å²) in [6.07, 6.45) is 1.12. The van der Waals surface area contributed by atoms with E-state index in [0.717, 1.165) is 29.9 Å². The molecule has 1 aromatic heterocycles. The summed E-state index contributed by atoms with van der Waals surface area (Å²) in [4.78, 5) is 0.773. The van der Waals surface area contributed by atoms with Crippen molar-refractivity contribution in [1.82, 2.24) is 9.59 Å². The smallest absolute Gasteiger partial charge is 0.175 e. The molecule has 0 aliphatic rings. The van der Waals surface area contributed by atoms with Crippen molar-refractivity contribution in [3.63, 3.8) is 0 Å². The molecule has 8 heteroatoms. The molecule has 0 radical (unpaired) electrons. The zero-order valence-corrected chi connectivity index (χ0v) is 13.5. The van der Waals surface area contributed by atoms with E-state index in [-0.39, 0.29) is 4.90 Å². The first kappa shape index (κ1) is 15.7. The van der Waals surface area contributed by atoms with E-state index >= 15 is 0 Å². The minimum absolute atomic E-state index is 0.193. The van der Waals surface area contributed by atoms with Gasteiger partial charge in [-0.1, -0.05) is 22.7 Å². The molecule has 4 nitrogen and oxygen atoms in total. The molecule has 0 N–H and O–H groups in total. The van der Waals surface area contributed by atoms with Crippen molar-refractivity contribution in [2.45, 2.75) is 4.90 Å². The van der Waals surface area contributed by atoms with E-state index in [9.17, 15) is 17.2 Å². The van der Waals surface area contributed by atoms with Crippen LogP contribution in [0.1, 0.15) is 0 Å². The fourth-order valence-corrected chi connectivity index (χ4v) is 3.38. The molecule has 1 heterocycles. The van der Waals surface area contributed by atoms with E-state index in [2.05, 4.69) is 9.59 Å². The number of hydrogen-bond acceptors (Lipinski definition) is 5. The van der Waals surface area contributed by atoms with E-state index in [4.69, 9.17) is 0 Å². The van der Waals surface area contributed by atoms with E-state index in [1.54, 1.807) is 12.1 Å². The lowest BCUT2D eigenvalue weighted by atomic mass is 10.1. The zero-order valence-electron chi connectivity index (χ0n) is 11.8. The lowest BCUT2D eigenvalue weighted by Gasteiger charge is -2.04. The van der Waals surface area contributed by atoms with Gasteiger partial charge in [0.1, 0.15) is 5.69 Å². The Balaban J connectivity index is 2.05. The van der Waals surface area contributed by atoms with Gasteiger partial charge in [-0.25, -0.2) is 17.2 Å². The van der Waals surface area contributed by atoms with Crippen LogP contribution >= 0.6 is 11.5 Å². The maximum Gasteiger partial charge on any atom is 0.175 e. The third-order valence-electron chi connectivity index (χ3n) is 3.23. The van der Waals surface area contributed by atoms with Gasteiger partial charge in [-0.2, -0.15) is 0 Å². The summed E-state index contributed by atoms with van der Waals surface area (Å²) in [6.45, 7) is 0. The van der Waals surface area contributed by atoms with Gasteiger partial charge in [0, 0.05) is 11.8 Å². The monoisotopic (exact) mass is 352 g/mol. The molecule has 0 saturated heterocycles. The summed E-state index contributed by atoms with van der Waals surface area (Å²) in [6, 6.07) is 9.73. The number of aromatic nitrogens is 2. The molecular formula is C15H10F2N2O2S2. The Hall–Kier alpha value is -2.19. The van der Waals surface area contributed by atoms with Gasteiger partial charge >= 0.3 is 0 Å². The number of sulfone groups is 1. The van der Waals surface area contributed by atoms with Gasteiger partial charge in [-0.3, -0.25) is 0 Å². The highest BCUT2D eigenvalue weighted by molar-refractivity contribution is 7.90. The molecular weight excluding hydrogens is 342 g/mol. The van der Waals surface area contributed by atoms with Crippen molar-refractivity contribution in [3.05, 3.63) is 54.1 Å². The Labute approximate surface area is 135 Å². The van der Waals surface area contributed by atoms with Crippen LogP contribution in [0, 0.1) is 11.6 Å². The first-order valence-electron chi connectivity index (χ1n) is 6.44. The summed E-state index contributed by atoms with van der Waals surface area (Å²) in [7, 11) is -3.29. The van der Waals surface area contributed by atoms with Gasteiger partial charge in [0.2, 0.25) is 0 Å². The summed E-state index contributed by atoms with van der Waals surface area (Å²) in [5, 5.41) is 4.01. The number of halogens is 2. The van der Waals surface area contributed by atoms with E-state index in [1.807, 2.05) is 0 Å².